The van der Waals surface area contributed by atoms with Crippen LogP contribution < -0.4 is 5.56 Å². The number of aromatic nitrogens is 2. The number of halogens is 1. The molecule has 0 bridgehead atoms. The molecule has 0 radical (unpaired) electrons. The summed E-state index contributed by atoms with van der Waals surface area (Å²) in [6, 6.07) is 6.83. The van der Waals surface area contributed by atoms with Gasteiger partial charge in [0, 0.05) is 12.3 Å². The van der Waals surface area contributed by atoms with Crippen LogP contribution in [0.25, 0.3) is 5.69 Å². The van der Waals surface area contributed by atoms with Gasteiger partial charge in [-0.3, -0.25) is 9.36 Å². The Balaban J connectivity index is 2.60. The molecule has 2 aromatic rings. The Morgan fingerprint density at radius 3 is 2.87 bits per heavy atom. The minimum Gasteiger partial charge on any atom is -0.283 e. The van der Waals surface area contributed by atoms with Crippen molar-refractivity contribution < 1.29 is 0 Å². The summed E-state index contributed by atoms with van der Waals surface area (Å²) in [6.45, 7) is 1.85. The number of hydrogen-bond acceptors (Lipinski definition) is 2. The van der Waals surface area contributed by atoms with Gasteiger partial charge >= 0.3 is 0 Å². The van der Waals surface area contributed by atoms with Crippen LogP contribution in [0.4, 0.5) is 0 Å². The lowest BCUT2D eigenvalue weighted by molar-refractivity contribution is 0.974. The molecule has 0 amide bonds. The average Bonchev–Trinajstić information content (AvgIpc) is 2.23. The van der Waals surface area contributed by atoms with E-state index >= 15 is 0 Å². The molecule has 0 aromatic carbocycles. The standard InChI is InChI=1S/C11H9ClN2O/c1-8-6-9(7-13-11(8)12)14-5-3-2-4-10(14)15/h2-7H,1H3. The average molecular weight is 221 g/mol. The van der Waals surface area contributed by atoms with Crippen LogP contribution in [0.5, 0.6) is 0 Å². The van der Waals surface area contributed by atoms with E-state index in [1.165, 1.54) is 10.6 Å². The van der Waals surface area contributed by atoms with E-state index in [1.54, 1.807) is 24.5 Å². The predicted molar refractivity (Wildman–Crippen MR) is 59.6 cm³/mol. The zero-order valence-corrected chi connectivity index (χ0v) is 8.90. The summed E-state index contributed by atoms with van der Waals surface area (Å²) in [5.74, 6) is 0. The SMILES string of the molecule is Cc1cc(-n2ccccc2=O)cnc1Cl. The highest BCUT2D eigenvalue weighted by molar-refractivity contribution is 6.30. The van der Waals surface area contributed by atoms with E-state index in [0.717, 1.165) is 11.3 Å². The van der Waals surface area contributed by atoms with E-state index in [-0.39, 0.29) is 5.56 Å². The van der Waals surface area contributed by atoms with Crippen LogP contribution in [0.1, 0.15) is 5.56 Å². The molecule has 0 N–H and O–H groups in total. The minimum atomic E-state index is -0.0824. The van der Waals surface area contributed by atoms with Gasteiger partial charge in [0.05, 0.1) is 11.9 Å². The lowest BCUT2D eigenvalue weighted by Gasteiger charge is -2.05. The Hall–Kier alpha value is -1.61. The van der Waals surface area contributed by atoms with Gasteiger partial charge in [-0.1, -0.05) is 17.7 Å². The molecular weight excluding hydrogens is 212 g/mol. The third-order valence-corrected chi connectivity index (χ3v) is 2.50. The van der Waals surface area contributed by atoms with Gasteiger partial charge in [0.25, 0.3) is 5.56 Å². The molecule has 0 aliphatic heterocycles. The summed E-state index contributed by atoms with van der Waals surface area (Å²) < 4.78 is 1.52. The maximum absolute atomic E-state index is 11.5. The fraction of sp³-hybridized carbons (Fsp3) is 0.0909. The van der Waals surface area contributed by atoms with E-state index in [2.05, 4.69) is 4.98 Å². The van der Waals surface area contributed by atoms with E-state index < -0.39 is 0 Å². The first-order valence-corrected chi connectivity index (χ1v) is 4.86. The second-order valence-electron chi connectivity index (χ2n) is 3.21. The van der Waals surface area contributed by atoms with Gasteiger partial charge in [-0.25, -0.2) is 4.98 Å². The smallest absolute Gasteiger partial charge is 0.255 e. The lowest BCUT2D eigenvalue weighted by Crippen LogP contribution is -2.15. The summed E-state index contributed by atoms with van der Waals surface area (Å²) in [5.41, 5.74) is 1.49. The Kier molecular flexibility index (Phi) is 2.56. The molecule has 2 rings (SSSR count). The summed E-state index contributed by atoms with van der Waals surface area (Å²) in [6.07, 6.45) is 3.28. The summed E-state index contributed by atoms with van der Waals surface area (Å²) >= 11 is 5.81. The quantitative estimate of drug-likeness (QED) is 0.691. The molecule has 4 heteroatoms. The molecule has 0 saturated carbocycles. The number of nitrogens with zero attached hydrogens (tertiary/aromatic N) is 2. The highest BCUT2D eigenvalue weighted by Crippen LogP contribution is 2.14. The van der Waals surface area contributed by atoms with Gasteiger partial charge in [-0.15, -0.1) is 0 Å². The Morgan fingerprint density at radius 2 is 2.20 bits per heavy atom. The monoisotopic (exact) mass is 220 g/mol. The van der Waals surface area contributed by atoms with Gasteiger partial charge in [0.15, 0.2) is 0 Å². The minimum absolute atomic E-state index is 0.0824. The summed E-state index contributed by atoms with van der Waals surface area (Å²) in [7, 11) is 0. The van der Waals surface area contributed by atoms with Crippen molar-refractivity contribution in [2.24, 2.45) is 0 Å². The molecule has 0 fully saturated rings. The largest absolute Gasteiger partial charge is 0.283 e. The van der Waals surface area contributed by atoms with Crippen LogP contribution >= 0.6 is 11.6 Å². The lowest BCUT2D eigenvalue weighted by atomic mass is 10.3. The highest BCUT2D eigenvalue weighted by Gasteiger charge is 2.01. The van der Waals surface area contributed by atoms with Crippen LogP contribution in [0, 0.1) is 6.92 Å². The highest BCUT2D eigenvalue weighted by atomic mass is 35.5. The van der Waals surface area contributed by atoms with Gasteiger partial charge in [-0.2, -0.15) is 0 Å². The zero-order valence-electron chi connectivity index (χ0n) is 8.14. The van der Waals surface area contributed by atoms with Crippen molar-refractivity contribution in [3.05, 3.63) is 57.7 Å². The predicted octanol–water partition coefficient (Wildman–Crippen LogP) is 2.19. The Labute approximate surface area is 92.0 Å². The molecule has 2 heterocycles. The van der Waals surface area contributed by atoms with Gasteiger partial charge < -0.3 is 0 Å². The van der Waals surface area contributed by atoms with Crippen molar-refractivity contribution in [2.45, 2.75) is 6.92 Å². The molecule has 2 aromatic heterocycles. The molecule has 3 nitrogen and oxygen atoms in total. The van der Waals surface area contributed by atoms with Crippen molar-refractivity contribution in [3.8, 4) is 5.69 Å². The van der Waals surface area contributed by atoms with E-state index in [1.807, 2.05) is 13.0 Å². The normalized spacial score (nSPS) is 10.3. The van der Waals surface area contributed by atoms with E-state index in [0.29, 0.717) is 5.15 Å². The Morgan fingerprint density at radius 1 is 1.40 bits per heavy atom. The topological polar surface area (TPSA) is 34.9 Å². The fourth-order valence-corrected chi connectivity index (χ4v) is 1.42. The maximum atomic E-state index is 11.5. The molecule has 0 aliphatic rings. The van der Waals surface area contributed by atoms with Crippen molar-refractivity contribution >= 4 is 11.6 Å². The molecular formula is C11H9ClN2O. The molecule has 0 unspecified atom stereocenters. The second kappa shape index (κ2) is 3.87. The molecule has 0 aliphatic carbocycles. The first kappa shape index (κ1) is 9.93. The van der Waals surface area contributed by atoms with Crippen molar-refractivity contribution in [1.29, 1.82) is 0 Å². The van der Waals surface area contributed by atoms with E-state index in [4.69, 9.17) is 11.6 Å². The maximum Gasteiger partial charge on any atom is 0.255 e. The van der Waals surface area contributed by atoms with Crippen LogP contribution in [0.15, 0.2) is 41.5 Å². The number of pyridine rings is 2. The molecule has 0 saturated heterocycles. The summed E-state index contributed by atoms with van der Waals surface area (Å²) in [4.78, 5) is 15.5. The van der Waals surface area contributed by atoms with Gasteiger partial charge in [-0.05, 0) is 24.6 Å². The van der Waals surface area contributed by atoms with Crippen LogP contribution in [0.2, 0.25) is 5.15 Å². The summed E-state index contributed by atoms with van der Waals surface area (Å²) in [5, 5.41) is 0.461. The number of hydrogen-bond donors (Lipinski definition) is 0. The van der Waals surface area contributed by atoms with Crippen LogP contribution in [-0.4, -0.2) is 9.55 Å². The molecule has 0 atom stereocenters. The third kappa shape index (κ3) is 1.92. The van der Waals surface area contributed by atoms with Crippen LogP contribution in [-0.2, 0) is 0 Å². The van der Waals surface area contributed by atoms with Crippen LogP contribution in [0.3, 0.4) is 0 Å². The Bertz CT molecular complexity index is 548. The van der Waals surface area contributed by atoms with E-state index in [9.17, 15) is 4.79 Å². The number of aryl methyl sites for hydroxylation is 1. The van der Waals surface area contributed by atoms with Crippen molar-refractivity contribution in [2.75, 3.05) is 0 Å². The van der Waals surface area contributed by atoms with Crippen molar-refractivity contribution in [1.82, 2.24) is 9.55 Å². The molecule has 76 valence electrons. The second-order valence-corrected chi connectivity index (χ2v) is 3.57. The first-order valence-electron chi connectivity index (χ1n) is 4.49. The zero-order chi connectivity index (χ0) is 10.8. The molecule has 15 heavy (non-hydrogen) atoms. The molecule has 0 spiro atoms. The first-order chi connectivity index (χ1) is 7.18. The van der Waals surface area contributed by atoms with Gasteiger partial charge in [0.1, 0.15) is 5.15 Å². The third-order valence-electron chi connectivity index (χ3n) is 2.10. The fourth-order valence-electron chi connectivity index (χ4n) is 1.32. The number of rotatable bonds is 1. The van der Waals surface area contributed by atoms with Crippen molar-refractivity contribution in [3.63, 3.8) is 0 Å². The van der Waals surface area contributed by atoms with Gasteiger partial charge in [0.2, 0.25) is 0 Å².